The molecule has 5 nitrogen and oxygen atoms in total. The Morgan fingerprint density at radius 2 is 1.71 bits per heavy atom. The maximum atomic E-state index is 12.8. The van der Waals surface area contributed by atoms with E-state index in [1.807, 2.05) is 6.92 Å². The number of anilines is 1. The second kappa shape index (κ2) is 9.24. The molecule has 3 rings (SSSR count). The Morgan fingerprint density at radius 3 is 2.39 bits per heavy atom. The summed E-state index contributed by atoms with van der Waals surface area (Å²) in [6.07, 6.45) is 2.93. The molecule has 1 N–H and O–H groups in total. The van der Waals surface area contributed by atoms with Gasteiger partial charge in [0.1, 0.15) is 0 Å². The number of rotatable bonds is 4. The van der Waals surface area contributed by atoms with Gasteiger partial charge in [0.2, 0.25) is 5.91 Å². The van der Waals surface area contributed by atoms with Gasteiger partial charge in [-0.2, -0.15) is 0 Å². The van der Waals surface area contributed by atoms with Crippen LogP contribution < -0.4 is 5.32 Å². The molecule has 0 unspecified atom stereocenters. The third-order valence-electron chi connectivity index (χ3n) is 4.52. The summed E-state index contributed by atoms with van der Waals surface area (Å²) in [7, 11) is 0. The van der Waals surface area contributed by atoms with Gasteiger partial charge in [-0.1, -0.05) is 35.3 Å². The number of carbonyl (C=O) groups excluding carboxylic acids is 2. The number of amides is 2. The van der Waals surface area contributed by atoms with Crippen molar-refractivity contribution >= 4 is 46.8 Å². The number of nitrogens with one attached hydrogen (secondary N) is 1. The number of halogens is 2. The van der Waals surface area contributed by atoms with Gasteiger partial charge in [0.05, 0.1) is 13.2 Å². The van der Waals surface area contributed by atoms with Crippen LogP contribution in [0.1, 0.15) is 21.5 Å². The lowest BCUT2D eigenvalue weighted by molar-refractivity contribution is -0.111. The van der Waals surface area contributed by atoms with Crippen LogP contribution in [0.15, 0.2) is 42.5 Å². The first kappa shape index (κ1) is 20.4. The lowest BCUT2D eigenvalue weighted by atomic mass is 10.0. The van der Waals surface area contributed by atoms with Crippen molar-refractivity contribution in [3.63, 3.8) is 0 Å². The molecule has 0 atom stereocenters. The Morgan fingerprint density at radius 1 is 1.07 bits per heavy atom. The van der Waals surface area contributed by atoms with E-state index in [-0.39, 0.29) is 11.8 Å². The first-order valence-electron chi connectivity index (χ1n) is 8.87. The van der Waals surface area contributed by atoms with Crippen molar-refractivity contribution in [1.82, 2.24) is 4.90 Å². The topological polar surface area (TPSA) is 58.6 Å². The second-order valence-electron chi connectivity index (χ2n) is 6.34. The Bertz CT molecular complexity index is 902. The molecule has 0 spiro atoms. The molecule has 2 aromatic rings. The summed E-state index contributed by atoms with van der Waals surface area (Å²) >= 11 is 12.2. The van der Waals surface area contributed by atoms with Crippen LogP contribution in [0, 0.1) is 6.92 Å². The zero-order valence-electron chi connectivity index (χ0n) is 15.4. The SMILES string of the molecule is Cc1c(NC(=O)/C=C/c2c(Cl)cccc2Cl)cccc1C(=O)N1CCOCC1. The van der Waals surface area contributed by atoms with Crippen molar-refractivity contribution in [2.24, 2.45) is 0 Å². The molecule has 28 heavy (non-hydrogen) atoms. The summed E-state index contributed by atoms with van der Waals surface area (Å²) in [5.74, 6) is -0.398. The summed E-state index contributed by atoms with van der Waals surface area (Å²) in [6.45, 7) is 4.03. The number of hydrogen-bond acceptors (Lipinski definition) is 3. The van der Waals surface area contributed by atoms with Crippen LogP contribution in [0.5, 0.6) is 0 Å². The average Bonchev–Trinajstić information content (AvgIpc) is 2.69. The molecule has 1 fully saturated rings. The first-order valence-corrected chi connectivity index (χ1v) is 9.62. The maximum Gasteiger partial charge on any atom is 0.254 e. The van der Waals surface area contributed by atoms with Gasteiger partial charge < -0.3 is 15.0 Å². The van der Waals surface area contributed by atoms with E-state index >= 15 is 0 Å². The average molecular weight is 419 g/mol. The molecule has 0 aliphatic carbocycles. The molecule has 0 aromatic heterocycles. The summed E-state index contributed by atoms with van der Waals surface area (Å²) in [6, 6.07) is 10.4. The normalized spacial score (nSPS) is 14.3. The van der Waals surface area contributed by atoms with Crippen LogP contribution in [0.3, 0.4) is 0 Å². The number of nitrogens with zero attached hydrogens (tertiary/aromatic N) is 1. The minimum atomic E-state index is -0.338. The molecule has 146 valence electrons. The van der Waals surface area contributed by atoms with Crippen LogP contribution in [0.2, 0.25) is 10.0 Å². The van der Waals surface area contributed by atoms with Crippen LogP contribution >= 0.6 is 23.2 Å². The monoisotopic (exact) mass is 418 g/mol. The molecule has 1 heterocycles. The predicted octanol–water partition coefficient (Wildman–Crippen LogP) is 4.43. The lowest BCUT2D eigenvalue weighted by Gasteiger charge is -2.27. The Kier molecular flexibility index (Phi) is 6.73. The molecule has 2 aromatic carbocycles. The van der Waals surface area contributed by atoms with Crippen molar-refractivity contribution in [1.29, 1.82) is 0 Å². The van der Waals surface area contributed by atoms with Crippen molar-refractivity contribution in [3.8, 4) is 0 Å². The first-order chi connectivity index (χ1) is 13.5. The van der Waals surface area contributed by atoms with Gasteiger partial charge in [0.15, 0.2) is 0 Å². The largest absolute Gasteiger partial charge is 0.378 e. The van der Waals surface area contributed by atoms with Crippen LogP contribution in [0.25, 0.3) is 6.08 Å². The Hall–Kier alpha value is -2.34. The van der Waals surface area contributed by atoms with Crippen molar-refractivity contribution < 1.29 is 14.3 Å². The van der Waals surface area contributed by atoms with E-state index in [2.05, 4.69) is 5.32 Å². The van der Waals surface area contributed by atoms with Gasteiger partial charge in [0.25, 0.3) is 5.91 Å². The molecule has 0 radical (unpaired) electrons. The number of morpholine rings is 1. The summed E-state index contributed by atoms with van der Waals surface area (Å²) in [4.78, 5) is 26.9. The van der Waals surface area contributed by atoms with Gasteiger partial charge in [0, 0.05) is 46.0 Å². The van der Waals surface area contributed by atoms with Crippen molar-refractivity contribution in [3.05, 3.63) is 69.2 Å². The molecule has 0 saturated carbocycles. The second-order valence-corrected chi connectivity index (χ2v) is 7.16. The van der Waals surface area contributed by atoms with Gasteiger partial charge >= 0.3 is 0 Å². The summed E-state index contributed by atoms with van der Waals surface area (Å²) in [5.41, 5.74) is 2.45. The molecule has 2 amide bonds. The zero-order valence-corrected chi connectivity index (χ0v) is 16.9. The third-order valence-corrected chi connectivity index (χ3v) is 5.18. The zero-order chi connectivity index (χ0) is 20.1. The Balaban J connectivity index is 1.74. The lowest BCUT2D eigenvalue weighted by Crippen LogP contribution is -2.41. The van der Waals surface area contributed by atoms with E-state index in [9.17, 15) is 9.59 Å². The smallest absolute Gasteiger partial charge is 0.254 e. The fraction of sp³-hybridized carbons (Fsp3) is 0.238. The molecule has 0 bridgehead atoms. The van der Waals surface area contributed by atoms with E-state index in [1.165, 1.54) is 6.08 Å². The van der Waals surface area contributed by atoms with E-state index in [1.54, 1.807) is 47.4 Å². The van der Waals surface area contributed by atoms with E-state index < -0.39 is 0 Å². The van der Waals surface area contributed by atoms with E-state index in [0.29, 0.717) is 53.2 Å². The quantitative estimate of drug-likeness (QED) is 0.747. The molecule has 1 aliphatic rings. The highest BCUT2D eigenvalue weighted by Crippen LogP contribution is 2.26. The fourth-order valence-corrected chi connectivity index (χ4v) is 3.47. The number of hydrogen-bond donors (Lipinski definition) is 1. The maximum absolute atomic E-state index is 12.8. The van der Waals surface area contributed by atoms with Crippen molar-refractivity contribution in [2.75, 3.05) is 31.6 Å². The van der Waals surface area contributed by atoms with Crippen LogP contribution in [0.4, 0.5) is 5.69 Å². The van der Waals surface area contributed by atoms with Crippen molar-refractivity contribution in [2.45, 2.75) is 6.92 Å². The fourth-order valence-electron chi connectivity index (χ4n) is 2.94. The van der Waals surface area contributed by atoms with Gasteiger partial charge in [-0.15, -0.1) is 0 Å². The standard InChI is InChI=1S/C21H20Cl2N2O3/c1-14-15(21(27)25-10-12-28-13-11-25)4-2-7-19(14)24-20(26)9-8-16-17(22)5-3-6-18(16)23/h2-9H,10-13H2,1H3,(H,24,26)/b9-8+. The summed E-state index contributed by atoms with van der Waals surface area (Å²) < 4.78 is 5.30. The minimum Gasteiger partial charge on any atom is -0.378 e. The third kappa shape index (κ3) is 4.73. The molecular formula is C21H20Cl2N2O3. The predicted molar refractivity (Wildman–Crippen MR) is 112 cm³/mol. The minimum absolute atomic E-state index is 0.0599. The van der Waals surface area contributed by atoms with Gasteiger partial charge in [-0.05, 0) is 42.8 Å². The molecular weight excluding hydrogens is 399 g/mol. The van der Waals surface area contributed by atoms with Gasteiger partial charge in [-0.3, -0.25) is 9.59 Å². The van der Waals surface area contributed by atoms with Gasteiger partial charge in [-0.25, -0.2) is 0 Å². The summed E-state index contributed by atoms with van der Waals surface area (Å²) in [5, 5.41) is 3.74. The van der Waals surface area contributed by atoms with E-state index in [4.69, 9.17) is 27.9 Å². The highest BCUT2D eigenvalue weighted by atomic mass is 35.5. The molecule has 1 aliphatic heterocycles. The molecule has 1 saturated heterocycles. The van der Waals surface area contributed by atoms with E-state index in [0.717, 1.165) is 5.56 Å². The van der Waals surface area contributed by atoms with Crippen LogP contribution in [-0.4, -0.2) is 43.0 Å². The Labute approximate surface area is 173 Å². The van der Waals surface area contributed by atoms with Crippen LogP contribution in [-0.2, 0) is 9.53 Å². The highest BCUT2D eigenvalue weighted by molar-refractivity contribution is 6.37. The number of benzene rings is 2. The number of ether oxygens (including phenoxy) is 1. The highest BCUT2D eigenvalue weighted by Gasteiger charge is 2.21. The molecule has 7 heteroatoms. The number of carbonyl (C=O) groups is 2.